The van der Waals surface area contributed by atoms with Gasteiger partial charge in [-0.3, -0.25) is 16.3 Å². The van der Waals surface area contributed by atoms with Crippen LogP contribution in [0.1, 0.15) is 38.8 Å². The molecule has 5 nitrogen and oxygen atoms in total. The van der Waals surface area contributed by atoms with E-state index in [0.29, 0.717) is 12.5 Å². The summed E-state index contributed by atoms with van der Waals surface area (Å²) >= 11 is 0. The molecular weight excluding hydrogens is 242 g/mol. The van der Waals surface area contributed by atoms with E-state index >= 15 is 0 Å². The van der Waals surface area contributed by atoms with Crippen molar-refractivity contribution in [3.8, 4) is 5.75 Å². The van der Waals surface area contributed by atoms with Gasteiger partial charge in [0.2, 0.25) is 0 Å². The quantitative estimate of drug-likeness (QED) is 0.557. The van der Waals surface area contributed by atoms with E-state index in [1.165, 1.54) is 0 Å². The zero-order chi connectivity index (χ0) is 14.3. The van der Waals surface area contributed by atoms with E-state index in [1.54, 1.807) is 19.5 Å². The summed E-state index contributed by atoms with van der Waals surface area (Å²) in [5, 5.41) is 0. The van der Waals surface area contributed by atoms with E-state index in [9.17, 15) is 0 Å². The van der Waals surface area contributed by atoms with Crippen molar-refractivity contribution in [1.82, 2.24) is 10.4 Å². The first kappa shape index (κ1) is 15.9. The Hall–Kier alpha value is -1.17. The molecule has 0 aromatic carbocycles. The molecule has 0 aliphatic carbocycles. The average Bonchev–Trinajstić information content (AvgIpc) is 2.42. The van der Waals surface area contributed by atoms with Gasteiger partial charge in [-0.15, -0.1) is 0 Å². The molecule has 0 saturated carbocycles. The SMILES string of the molecule is CCCOc1cncc(C(NN)C(OC)C(C)C)c1. The predicted octanol–water partition coefficient (Wildman–Crippen LogP) is 2.05. The zero-order valence-electron chi connectivity index (χ0n) is 12.2. The van der Waals surface area contributed by atoms with Crippen LogP contribution in [0.2, 0.25) is 0 Å². The summed E-state index contributed by atoms with van der Waals surface area (Å²) in [5.41, 5.74) is 3.78. The fourth-order valence-electron chi connectivity index (χ4n) is 2.08. The second-order valence-corrected chi connectivity index (χ2v) is 4.89. The molecule has 19 heavy (non-hydrogen) atoms. The van der Waals surface area contributed by atoms with Crippen molar-refractivity contribution < 1.29 is 9.47 Å². The molecule has 0 spiro atoms. The second-order valence-electron chi connectivity index (χ2n) is 4.89. The Labute approximate surface area is 115 Å². The van der Waals surface area contributed by atoms with E-state index < -0.39 is 0 Å². The molecule has 0 fully saturated rings. The van der Waals surface area contributed by atoms with Crippen LogP contribution in [-0.2, 0) is 4.74 Å². The van der Waals surface area contributed by atoms with E-state index in [4.69, 9.17) is 15.3 Å². The molecule has 0 saturated heterocycles. The monoisotopic (exact) mass is 267 g/mol. The summed E-state index contributed by atoms with van der Waals surface area (Å²) in [7, 11) is 1.69. The smallest absolute Gasteiger partial charge is 0.137 e. The van der Waals surface area contributed by atoms with Crippen LogP contribution in [0.3, 0.4) is 0 Å². The first-order chi connectivity index (χ1) is 9.13. The minimum Gasteiger partial charge on any atom is -0.492 e. The lowest BCUT2D eigenvalue weighted by molar-refractivity contribution is 0.0324. The number of rotatable bonds is 8. The lowest BCUT2D eigenvalue weighted by atomic mass is 9.95. The number of hydrazine groups is 1. The summed E-state index contributed by atoms with van der Waals surface area (Å²) in [4.78, 5) is 4.21. The van der Waals surface area contributed by atoms with Gasteiger partial charge in [-0.25, -0.2) is 0 Å². The van der Waals surface area contributed by atoms with Crippen LogP contribution >= 0.6 is 0 Å². The van der Waals surface area contributed by atoms with E-state index in [1.807, 2.05) is 6.07 Å². The van der Waals surface area contributed by atoms with Crippen molar-refractivity contribution in [2.75, 3.05) is 13.7 Å². The highest BCUT2D eigenvalue weighted by molar-refractivity contribution is 5.26. The van der Waals surface area contributed by atoms with E-state index in [-0.39, 0.29) is 12.1 Å². The van der Waals surface area contributed by atoms with Crippen molar-refractivity contribution in [3.63, 3.8) is 0 Å². The van der Waals surface area contributed by atoms with Gasteiger partial charge in [0.25, 0.3) is 0 Å². The van der Waals surface area contributed by atoms with Gasteiger partial charge in [-0.2, -0.15) is 0 Å². The van der Waals surface area contributed by atoms with Gasteiger partial charge in [-0.1, -0.05) is 20.8 Å². The average molecular weight is 267 g/mol. The molecular formula is C14H25N3O2. The van der Waals surface area contributed by atoms with Crippen molar-refractivity contribution in [1.29, 1.82) is 0 Å². The third-order valence-corrected chi connectivity index (χ3v) is 3.00. The molecule has 5 heteroatoms. The lowest BCUT2D eigenvalue weighted by Crippen LogP contribution is -2.40. The minimum atomic E-state index is -0.109. The Bertz CT molecular complexity index is 371. The maximum absolute atomic E-state index is 5.67. The maximum Gasteiger partial charge on any atom is 0.137 e. The van der Waals surface area contributed by atoms with E-state index in [0.717, 1.165) is 17.7 Å². The molecule has 108 valence electrons. The molecule has 1 heterocycles. The molecule has 0 radical (unpaired) electrons. The summed E-state index contributed by atoms with van der Waals surface area (Å²) < 4.78 is 11.1. The molecule has 1 aromatic heterocycles. The van der Waals surface area contributed by atoms with Crippen LogP contribution in [0.4, 0.5) is 0 Å². The molecule has 1 rings (SSSR count). The van der Waals surface area contributed by atoms with Gasteiger partial charge < -0.3 is 9.47 Å². The van der Waals surface area contributed by atoms with Crippen molar-refractivity contribution >= 4 is 0 Å². The van der Waals surface area contributed by atoms with Crippen molar-refractivity contribution in [3.05, 3.63) is 24.0 Å². The molecule has 0 bridgehead atoms. The standard InChI is InChI=1S/C14H25N3O2/c1-5-6-19-12-7-11(8-16-9-12)13(17-15)14(18-4)10(2)3/h7-10,13-14,17H,5-6,15H2,1-4H3. The zero-order valence-corrected chi connectivity index (χ0v) is 12.2. The molecule has 1 aromatic rings. The van der Waals surface area contributed by atoms with Gasteiger partial charge >= 0.3 is 0 Å². The molecule has 2 unspecified atom stereocenters. The Morgan fingerprint density at radius 1 is 1.37 bits per heavy atom. The Morgan fingerprint density at radius 2 is 2.11 bits per heavy atom. The van der Waals surface area contributed by atoms with Gasteiger partial charge in [0.05, 0.1) is 24.9 Å². The number of hydrogen-bond donors (Lipinski definition) is 2. The van der Waals surface area contributed by atoms with Crippen molar-refractivity contribution in [2.45, 2.75) is 39.3 Å². The number of nitrogens with zero attached hydrogens (tertiary/aromatic N) is 1. The Morgan fingerprint density at radius 3 is 2.63 bits per heavy atom. The number of nitrogens with one attached hydrogen (secondary N) is 1. The van der Waals surface area contributed by atoms with Crippen LogP contribution in [0, 0.1) is 5.92 Å². The lowest BCUT2D eigenvalue weighted by Gasteiger charge is -2.28. The van der Waals surface area contributed by atoms with Gasteiger partial charge in [0.1, 0.15) is 5.75 Å². The number of hydrogen-bond acceptors (Lipinski definition) is 5. The van der Waals surface area contributed by atoms with Gasteiger partial charge in [0, 0.05) is 13.3 Å². The summed E-state index contributed by atoms with van der Waals surface area (Å²) in [5.74, 6) is 6.77. The predicted molar refractivity (Wildman–Crippen MR) is 75.7 cm³/mol. The van der Waals surface area contributed by atoms with Crippen LogP contribution in [0.25, 0.3) is 0 Å². The summed E-state index contributed by atoms with van der Waals surface area (Å²) in [6.45, 7) is 6.96. The number of pyridine rings is 1. The first-order valence-electron chi connectivity index (χ1n) is 6.70. The minimum absolute atomic E-state index is 0.0202. The third kappa shape index (κ3) is 4.45. The summed E-state index contributed by atoms with van der Waals surface area (Å²) in [6, 6.07) is 1.85. The topological polar surface area (TPSA) is 69.4 Å². The highest BCUT2D eigenvalue weighted by Crippen LogP contribution is 2.25. The highest BCUT2D eigenvalue weighted by atomic mass is 16.5. The molecule has 3 N–H and O–H groups in total. The fourth-order valence-corrected chi connectivity index (χ4v) is 2.08. The van der Waals surface area contributed by atoms with Crippen LogP contribution in [-0.4, -0.2) is 24.8 Å². The van der Waals surface area contributed by atoms with E-state index in [2.05, 4.69) is 31.2 Å². The number of aromatic nitrogens is 1. The maximum atomic E-state index is 5.67. The largest absolute Gasteiger partial charge is 0.492 e. The van der Waals surface area contributed by atoms with Gasteiger partial charge in [0.15, 0.2) is 0 Å². The number of ether oxygens (including phenoxy) is 2. The molecule has 0 amide bonds. The van der Waals surface area contributed by atoms with Crippen LogP contribution in [0.15, 0.2) is 18.5 Å². The van der Waals surface area contributed by atoms with Gasteiger partial charge in [-0.05, 0) is 24.0 Å². The Kier molecular flexibility index (Phi) is 6.77. The number of nitrogens with two attached hydrogens (primary N) is 1. The number of methoxy groups -OCH3 is 1. The molecule has 2 atom stereocenters. The third-order valence-electron chi connectivity index (χ3n) is 3.00. The highest BCUT2D eigenvalue weighted by Gasteiger charge is 2.25. The van der Waals surface area contributed by atoms with Crippen molar-refractivity contribution in [2.24, 2.45) is 11.8 Å². The first-order valence-corrected chi connectivity index (χ1v) is 6.70. The molecule has 0 aliphatic heterocycles. The van der Waals surface area contributed by atoms with Crippen LogP contribution < -0.4 is 16.0 Å². The molecule has 0 aliphatic rings. The normalized spacial score (nSPS) is 14.4. The summed E-state index contributed by atoms with van der Waals surface area (Å²) in [6.07, 6.45) is 4.45. The second kappa shape index (κ2) is 8.09. The van der Waals surface area contributed by atoms with Crippen LogP contribution in [0.5, 0.6) is 5.75 Å². The fraction of sp³-hybridized carbons (Fsp3) is 0.643. The Balaban J connectivity index is 2.91.